The molecule has 88 valence electrons. The summed E-state index contributed by atoms with van der Waals surface area (Å²) in [6, 6.07) is 0. The number of hydrogen-bond acceptors (Lipinski definition) is 3. The van der Waals surface area contributed by atoms with Crippen molar-refractivity contribution < 1.29 is 4.42 Å². The van der Waals surface area contributed by atoms with Crippen molar-refractivity contribution in [3.05, 3.63) is 17.8 Å². The Bertz CT molecular complexity index is 361. The normalized spacial score (nSPS) is 32.4. The number of hydrogen-bond donors (Lipinski definition) is 1. The topological polar surface area (TPSA) is 38.1 Å². The van der Waals surface area contributed by atoms with Crippen molar-refractivity contribution in [1.82, 2.24) is 10.3 Å². The Labute approximate surface area is 96.6 Å². The molecule has 2 bridgehead atoms. The van der Waals surface area contributed by atoms with E-state index >= 15 is 0 Å². The van der Waals surface area contributed by atoms with Crippen molar-refractivity contribution in [1.29, 1.82) is 0 Å². The van der Waals surface area contributed by atoms with Crippen molar-refractivity contribution in [2.24, 2.45) is 11.8 Å². The van der Waals surface area contributed by atoms with Gasteiger partial charge in [-0.05, 0) is 38.1 Å². The van der Waals surface area contributed by atoms with Gasteiger partial charge >= 0.3 is 0 Å². The molecule has 0 spiro atoms. The fourth-order valence-electron chi connectivity index (χ4n) is 3.44. The van der Waals surface area contributed by atoms with Crippen molar-refractivity contribution in [3.63, 3.8) is 0 Å². The van der Waals surface area contributed by atoms with Gasteiger partial charge in [-0.25, -0.2) is 4.98 Å². The minimum atomic E-state index is 0.676. The Kier molecular flexibility index (Phi) is 2.72. The summed E-state index contributed by atoms with van der Waals surface area (Å²) in [5, 5.41) is 3.12. The van der Waals surface area contributed by atoms with E-state index in [1.54, 1.807) is 0 Å². The van der Waals surface area contributed by atoms with Crippen molar-refractivity contribution >= 4 is 0 Å². The number of oxazole rings is 1. The second kappa shape index (κ2) is 4.21. The third-order valence-corrected chi connectivity index (χ3v) is 4.26. The standard InChI is InChI=1S/C13H20N2O/c1-14-5-4-13-15-8-12(16-13)11-7-9-2-3-10(11)6-9/h8-11,14H,2-7H2,1H3. The lowest BCUT2D eigenvalue weighted by Crippen LogP contribution is -2.10. The van der Waals surface area contributed by atoms with Crippen molar-refractivity contribution in [3.8, 4) is 0 Å². The molecule has 2 aliphatic rings. The molecule has 3 unspecified atom stereocenters. The van der Waals surface area contributed by atoms with E-state index in [-0.39, 0.29) is 0 Å². The summed E-state index contributed by atoms with van der Waals surface area (Å²) in [5.41, 5.74) is 0. The molecule has 1 heterocycles. The van der Waals surface area contributed by atoms with E-state index in [1.807, 2.05) is 13.2 Å². The molecule has 2 saturated carbocycles. The van der Waals surface area contributed by atoms with Gasteiger partial charge in [0, 0.05) is 18.9 Å². The lowest BCUT2D eigenvalue weighted by molar-refractivity contribution is 0.343. The molecule has 2 aliphatic carbocycles. The summed E-state index contributed by atoms with van der Waals surface area (Å²) in [6.07, 6.45) is 8.49. The second-order valence-corrected chi connectivity index (χ2v) is 5.29. The molecule has 1 N–H and O–H groups in total. The molecule has 16 heavy (non-hydrogen) atoms. The van der Waals surface area contributed by atoms with Gasteiger partial charge in [0.2, 0.25) is 0 Å². The van der Waals surface area contributed by atoms with E-state index in [9.17, 15) is 0 Å². The molecule has 2 fully saturated rings. The van der Waals surface area contributed by atoms with Crippen LogP contribution < -0.4 is 5.32 Å². The highest BCUT2D eigenvalue weighted by Crippen LogP contribution is 2.52. The molecule has 1 aromatic heterocycles. The molecule has 0 aromatic carbocycles. The Hall–Kier alpha value is -0.830. The maximum atomic E-state index is 5.87. The van der Waals surface area contributed by atoms with Crippen LogP contribution in [0.3, 0.4) is 0 Å². The van der Waals surface area contributed by atoms with Gasteiger partial charge in [-0.2, -0.15) is 0 Å². The van der Waals surface area contributed by atoms with Crippen LogP contribution in [0.2, 0.25) is 0 Å². The van der Waals surface area contributed by atoms with Gasteiger partial charge < -0.3 is 9.73 Å². The SMILES string of the molecule is CNCCc1ncc(C2CC3CCC2C3)o1. The van der Waals surface area contributed by atoms with E-state index in [4.69, 9.17) is 4.42 Å². The zero-order valence-corrected chi connectivity index (χ0v) is 9.91. The fourth-order valence-corrected chi connectivity index (χ4v) is 3.44. The van der Waals surface area contributed by atoms with Gasteiger partial charge in [-0.1, -0.05) is 6.42 Å². The number of nitrogens with zero attached hydrogens (tertiary/aromatic N) is 1. The molecule has 1 aromatic rings. The van der Waals surface area contributed by atoms with Crippen molar-refractivity contribution in [2.75, 3.05) is 13.6 Å². The molecule has 0 saturated heterocycles. The molecular formula is C13H20N2O. The van der Waals surface area contributed by atoms with Gasteiger partial charge in [0.05, 0.1) is 6.20 Å². The van der Waals surface area contributed by atoms with Crippen LogP contribution in [0.4, 0.5) is 0 Å². The molecule has 3 atom stereocenters. The largest absolute Gasteiger partial charge is 0.445 e. The number of likely N-dealkylation sites (N-methyl/N-ethyl adjacent to an activating group) is 1. The summed E-state index contributed by atoms with van der Waals surface area (Å²) in [5.74, 6) is 4.58. The van der Waals surface area contributed by atoms with Crippen LogP contribution in [-0.2, 0) is 6.42 Å². The van der Waals surface area contributed by atoms with Crippen LogP contribution in [0.5, 0.6) is 0 Å². The summed E-state index contributed by atoms with van der Waals surface area (Å²) < 4.78 is 5.87. The van der Waals surface area contributed by atoms with Crippen LogP contribution in [0.15, 0.2) is 10.6 Å². The monoisotopic (exact) mass is 220 g/mol. The van der Waals surface area contributed by atoms with Crippen LogP contribution >= 0.6 is 0 Å². The van der Waals surface area contributed by atoms with E-state index in [0.29, 0.717) is 5.92 Å². The Morgan fingerprint density at radius 1 is 1.44 bits per heavy atom. The number of fused-ring (bicyclic) bond motifs is 2. The fraction of sp³-hybridized carbons (Fsp3) is 0.769. The minimum absolute atomic E-state index is 0.676. The minimum Gasteiger partial charge on any atom is -0.445 e. The average molecular weight is 220 g/mol. The molecule has 0 aliphatic heterocycles. The first-order valence-electron chi connectivity index (χ1n) is 6.46. The highest BCUT2D eigenvalue weighted by molar-refractivity contribution is 5.10. The lowest BCUT2D eigenvalue weighted by atomic mass is 9.87. The van der Waals surface area contributed by atoms with Crippen LogP contribution in [0.1, 0.15) is 43.3 Å². The van der Waals surface area contributed by atoms with Gasteiger partial charge in [0.1, 0.15) is 5.76 Å². The molecule has 3 rings (SSSR count). The zero-order chi connectivity index (χ0) is 11.0. The predicted octanol–water partition coefficient (Wildman–Crippen LogP) is 2.34. The molecule has 0 amide bonds. The van der Waals surface area contributed by atoms with E-state index in [2.05, 4.69) is 10.3 Å². The maximum absolute atomic E-state index is 5.87. The second-order valence-electron chi connectivity index (χ2n) is 5.29. The Balaban J connectivity index is 1.68. The number of nitrogens with one attached hydrogen (secondary N) is 1. The molecule has 3 heteroatoms. The Morgan fingerprint density at radius 2 is 2.38 bits per heavy atom. The number of aromatic nitrogens is 1. The lowest BCUT2D eigenvalue weighted by Gasteiger charge is -2.18. The van der Waals surface area contributed by atoms with Crippen LogP contribution in [-0.4, -0.2) is 18.6 Å². The van der Waals surface area contributed by atoms with E-state index in [1.165, 1.54) is 25.7 Å². The van der Waals surface area contributed by atoms with Gasteiger partial charge in [-0.3, -0.25) is 0 Å². The highest BCUT2D eigenvalue weighted by Gasteiger charge is 2.41. The maximum Gasteiger partial charge on any atom is 0.195 e. The van der Waals surface area contributed by atoms with Gasteiger partial charge in [-0.15, -0.1) is 0 Å². The Morgan fingerprint density at radius 3 is 3.06 bits per heavy atom. The third kappa shape index (κ3) is 1.77. The average Bonchev–Trinajstić information content (AvgIpc) is 3.01. The summed E-state index contributed by atoms with van der Waals surface area (Å²) in [7, 11) is 1.96. The van der Waals surface area contributed by atoms with Gasteiger partial charge in [0.15, 0.2) is 5.89 Å². The first-order valence-corrected chi connectivity index (χ1v) is 6.46. The predicted molar refractivity (Wildman–Crippen MR) is 62.3 cm³/mol. The van der Waals surface area contributed by atoms with Crippen LogP contribution in [0, 0.1) is 11.8 Å². The van der Waals surface area contributed by atoms with E-state index in [0.717, 1.165) is 36.5 Å². The quantitative estimate of drug-likeness (QED) is 0.846. The first kappa shape index (κ1) is 10.3. The van der Waals surface area contributed by atoms with Gasteiger partial charge in [0.25, 0.3) is 0 Å². The zero-order valence-electron chi connectivity index (χ0n) is 9.91. The summed E-state index contributed by atoms with van der Waals surface area (Å²) >= 11 is 0. The van der Waals surface area contributed by atoms with Crippen molar-refractivity contribution in [2.45, 2.75) is 38.0 Å². The summed E-state index contributed by atoms with van der Waals surface area (Å²) in [4.78, 5) is 4.38. The van der Waals surface area contributed by atoms with Crippen LogP contribution in [0.25, 0.3) is 0 Å². The summed E-state index contributed by atoms with van der Waals surface area (Å²) in [6.45, 7) is 0.941. The first-order chi connectivity index (χ1) is 7.86. The number of rotatable bonds is 4. The molecule has 3 nitrogen and oxygen atoms in total. The van der Waals surface area contributed by atoms with E-state index < -0.39 is 0 Å². The smallest absolute Gasteiger partial charge is 0.195 e. The highest BCUT2D eigenvalue weighted by atomic mass is 16.4. The molecule has 0 radical (unpaired) electrons. The molecular weight excluding hydrogens is 200 g/mol. The third-order valence-electron chi connectivity index (χ3n) is 4.26.